The third kappa shape index (κ3) is 3.55. The minimum atomic E-state index is 0.683. The Bertz CT molecular complexity index is 1200. The van der Waals surface area contributed by atoms with E-state index in [0.29, 0.717) is 5.02 Å². The summed E-state index contributed by atoms with van der Waals surface area (Å²) >= 11 is 6.04. The van der Waals surface area contributed by atoms with Gasteiger partial charge in [0.2, 0.25) is 0 Å². The van der Waals surface area contributed by atoms with Crippen LogP contribution in [0.2, 0.25) is 5.02 Å². The van der Waals surface area contributed by atoms with E-state index in [2.05, 4.69) is 31.7 Å². The summed E-state index contributed by atoms with van der Waals surface area (Å²) in [5, 5.41) is 11.0. The lowest BCUT2D eigenvalue weighted by molar-refractivity contribution is 1.00. The third-order valence-corrected chi connectivity index (χ3v) is 4.77. The number of hydrogen-bond acceptors (Lipinski definition) is 3. The molecule has 5 nitrogen and oxygen atoms in total. The van der Waals surface area contributed by atoms with Crippen LogP contribution in [-0.2, 0) is 0 Å². The number of halogens is 1. The lowest BCUT2D eigenvalue weighted by Crippen LogP contribution is -2.02. The van der Waals surface area contributed by atoms with Crippen LogP contribution in [0.15, 0.2) is 71.3 Å². The van der Waals surface area contributed by atoms with E-state index in [4.69, 9.17) is 11.6 Å². The van der Waals surface area contributed by atoms with E-state index in [0.717, 1.165) is 38.9 Å². The molecular weight excluding hydrogens is 358 g/mol. The summed E-state index contributed by atoms with van der Waals surface area (Å²) in [7, 11) is 0. The zero-order valence-electron chi connectivity index (χ0n) is 15.0. The average molecular weight is 376 g/mol. The molecular formula is C21H18ClN5. The maximum Gasteiger partial charge on any atom is 0.0997 e. The summed E-state index contributed by atoms with van der Waals surface area (Å²) in [6, 6.07) is 15.7. The molecule has 2 aromatic carbocycles. The summed E-state index contributed by atoms with van der Waals surface area (Å²) in [4.78, 5) is 7.50. The van der Waals surface area contributed by atoms with Crippen LogP contribution in [0.1, 0.15) is 17.0 Å². The van der Waals surface area contributed by atoms with Crippen molar-refractivity contribution in [2.75, 3.05) is 0 Å². The first-order valence-electron chi connectivity index (χ1n) is 8.57. The molecule has 134 valence electrons. The monoisotopic (exact) mass is 375 g/mol. The van der Waals surface area contributed by atoms with Crippen LogP contribution in [0.5, 0.6) is 0 Å². The highest BCUT2D eigenvalue weighted by Crippen LogP contribution is 2.15. The first-order valence-corrected chi connectivity index (χ1v) is 8.94. The van der Waals surface area contributed by atoms with Crippen molar-refractivity contribution in [3.63, 3.8) is 0 Å². The van der Waals surface area contributed by atoms with Crippen LogP contribution in [0.25, 0.3) is 16.6 Å². The maximum absolute atomic E-state index is 6.04. The Kier molecular flexibility index (Phi) is 4.60. The number of nitrogens with zero attached hydrogens (tertiary/aromatic N) is 4. The fourth-order valence-electron chi connectivity index (χ4n) is 2.88. The van der Waals surface area contributed by atoms with Crippen molar-refractivity contribution >= 4 is 28.7 Å². The SMILES string of the molecule is Cc1ncn(-c2ccc(/C=N/N=c3\cc[nH]c4cc(Cl)ccc34)cc2)c1C. The van der Waals surface area contributed by atoms with Crippen molar-refractivity contribution in [1.82, 2.24) is 14.5 Å². The first kappa shape index (κ1) is 17.2. The van der Waals surface area contributed by atoms with E-state index in [1.807, 2.05) is 68.0 Å². The summed E-state index contributed by atoms with van der Waals surface area (Å²) in [6.07, 6.45) is 5.42. The Morgan fingerprint density at radius 1 is 1.07 bits per heavy atom. The Morgan fingerprint density at radius 2 is 1.89 bits per heavy atom. The van der Waals surface area contributed by atoms with Gasteiger partial charge in [-0.3, -0.25) is 0 Å². The van der Waals surface area contributed by atoms with Gasteiger partial charge in [-0.2, -0.15) is 10.2 Å². The minimum Gasteiger partial charge on any atom is -0.361 e. The molecule has 4 rings (SSSR count). The predicted octanol–water partition coefficient (Wildman–Crippen LogP) is 4.56. The standard InChI is InChI=1S/C21H18ClN5/c1-14-15(2)27(13-24-14)18-6-3-16(4-7-18)12-25-26-20-9-10-23-21-11-17(22)5-8-19(20)21/h3-13H,1-2H3,(H,23,26)/b25-12+. The zero-order valence-corrected chi connectivity index (χ0v) is 15.8. The number of nitrogens with one attached hydrogen (secondary N) is 1. The number of benzene rings is 2. The molecule has 0 aliphatic rings. The number of aromatic amines is 1. The molecule has 0 bridgehead atoms. The Labute approximate surface area is 161 Å². The second-order valence-corrected chi connectivity index (χ2v) is 6.71. The molecule has 2 heterocycles. The number of fused-ring (bicyclic) bond motifs is 1. The molecule has 0 amide bonds. The molecule has 1 N–H and O–H groups in total. The Balaban J connectivity index is 1.60. The highest BCUT2D eigenvalue weighted by Gasteiger charge is 2.03. The lowest BCUT2D eigenvalue weighted by Gasteiger charge is -2.05. The van der Waals surface area contributed by atoms with Gasteiger partial charge in [-0.15, -0.1) is 0 Å². The van der Waals surface area contributed by atoms with E-state index in [1.54, 1.807) is 6.21 Å². The number of pyridine rings is 1. The van der Waals surface area contributed by atoms with Crippen molar-refractivity contribution in [1.29, 1.82) is 0 Å². The van der Waals surface area contributed by atoms with Gasteiger partial charge in [-0.05, 0) is 55.8 Å². The van der Waals surface area contributed by atoms with Crippen LogP contribution in [-0.4, -0.2) is 20.7 Å². The number of aryl methyl sites for hydroxylation is 1. The Morgan fingerprint density at radius 3 is 2.63 bits per heavy atom. The van der Waals surface area contributed by atoms with Gasteiger partial charge in [-0.1, -0.05) is 23.7 Å². The lowest BCUT2D eigenvalue weighted by atomic mass is 10.2. The van der Waals surface area contributed by atoms with Crippen molar-refractivity contribution < 1.29 is 0 Å². The average Bonchev–Trinajstić information content (AvgIpc) is 3.01. The molecule has 0 saturated heterocycles. The number of rotatable bonds is 3. The summed E-state index contributed by atoms with van der Waals surface area (Å²) in [5.74, 6) is 0. The topological polar surface area (TPSA) is 58.3 Å². The van der Waals surface area contributed by atoms with Gasteiger partial charge in [0, 0.05) is 33.5 Å². The van der Waals surface area contributed by atoms with E-state index in [-0.39, 0.29) is 0 Å². The molecule has 0 spiro atoms. The fraction of sp³-hybridized carbons (Fsp3) is 0.0952. The summed E-state index contributed by atoms with van der Waals surface area (Å²) in [6.45, 7) is 4.07. The number of H-pyrrole nitrogens is 1. The van der Waals surface area contributed by atoms with Crippen molar-refractivity contribution in [2.24, 2.45) is 10.2 Å². The van der Waals surface area contributed by atoms with Crippen LogP contribution >= 0.6 is 11.6 Å². The van der Waals surface area contributed by atoms with Crippen LogP contribution < -0.4 is 5.36 Å². The van der Waals surface area contributed by atoms with Gasteiger partial charge in [0.05, 0.1) is 23.6 Å². The van der Waals surface area contributed by atoms with Gasteiger partial charge >= 0.3 is 0 Å². The number of aromatic nitrogens is 3. The van der Waals surface area contributed by atoms with Crippen LogP contribution in [0.3, 0.4) is 0 Å². The van der Waals surface area contributed by atoms with Crippen LogP contribution in [0.4, 0.5) is 0 Å². The largest absolute Gasteiger partial charge is 0.361 e. The minimum absolute atomic E-state index is 0.683. The van der Waals surface area contributed by atoms with Crippen LogP contribution in [0, 0.1) is 13.8 Å². The molecule has 0 aliphatic carbocycles. The maximum atomic E-state index is 6.04. The predicted molar refractivity (Wildman–Crippen MR) is 110 cm³/mol. The van der Waals surface area contributed by atoms with Gasteiger partial charge in [0.15, 0.2) is 0 Å². The summed E-state index contributed by atoms with van der Waals surface area (Å²) < 4.78 is 2.07. The molecule has 0 aliphatic heterocycles. The molecule has 0 saturated carbocycles. The first-order chi connectivity index (χ1) is 13.1. The highest BCUT2D eigenvalue weighted by molar-refractivity contribution is 6.31. The quantitative estimate of drug-likeness (QED) is 0.414. The molecule has 0 unspecified atom stereocenters. The Hall–Kier alpha value is -3.18. The van der Waals surface area contributed by atoms with E-state index < -0.39 is 0 Å². The summed E-state index contributed by atoms with van der Waals surface area (Å²) in [5.41, 5.74) is 5.15. The van der Waals surface area contributed by atoms with E-state index >= 15 is 0 Å². The molecule has 2 aromatic heterocycles. The molecule has 0 fully saturated rings. The fourth-order valence-corrected chi connectivity index (χ4v) is 3.06. The number of imidazole rings is 1. The third-order valence-electron chi connectivity index (χ3n) is 4.53. The van der Waals surface area contributed by atoms with Gasteiger partial charge in [0.25, 0.3) is 0 Å². The van der Waals surface area contributed by atoms with Gasteiger partial charge in [-0.25, -0.2) is 4.98 Å². The molecule has 6 heteroatoms. The zero-order chi connectivity index (χ0) is 18.8. The number of hydrogen-bond donors (Lipinski definition) is 1. The van der Waals surface area contributed by atoms with Crippen molar-refractivity contribution in [2.45, 2.75) is 13.8 Å². The smallest absolute Gasteiger partial charge is 0.0997 e. The van der Waals surface area contributed by atoms with Crippen molar-refractivity contribution in [3.8, 4) is 5.69 Å². The van der Waals surface area contributed by atoms with Gasteiger partial charge < -0.3 is 9.55 Å². The normalized spacial score (nSPS) is 12.3. The molecule has 0 atom stereocenters. The van der Waals surface area contributed by atoms with E-state index in [1.165, 1.54) is 0 Å². The van der Waals surface area contributed by atoms with Gasteiger partial charge in [0.1, 0.15) is 0 Å². The van der Waals surface area contributed by atoms with Crippen molar-refractivity contribution in [3.05, 3.63) is 88.4 Å². The second-order valence-electron chi connectivity index (χ2n) is 6.27. The van der Waals surface area contributed by atoms with E-state index in [9.17, 15) is 0 Å². The molecule has 27 heavy (non-hydrogen) atoms. The second kappa shape index (κ2) is 7.21. The molecule has 4 aromatic rings. The highest BCUT2D eigenvalue weighted by atomic mass is 35.5. The molecule has 0 radical (unpaired) electrons.